The summed E-state index contributed by atoms with van der Waals surface area (Å²) < 4.78 is 0. The zero-order valence-corrected chi connectivity index (χ0v) is 8.10. The Morgan fingerprint density at radius 1 is 1.67 bits per heavy atom. The Morgan fingerprint density at radius 3 is 2.87 bits per heavy atom. The van der Waals surface area contributed by atoms with E-state index in [1.807, 2.05) is 0 Å². The molecule has 0 fully saturated rings. The van der Waals surface area contributed by atoms with Crippen LogP contribution < -0.4 is 5.73 Å². The predicted octanol–water partition coefficient (Wildman–Crippen LogP) is 1.73. The van der Waals surface area contributed by atoms with Crippen LogP contribution in [0.4, 0.5) is 5.69 Å². The van der Waals surface area contributed by atoms with Crippen LogP contribution in [0.3, 0.4) is 0 Å². The highest BCUT2D eigenvalue weighted by Gasteiger charge is 2.11. The van der Waals surface area contributed by atoms with Gasteiger partial charge in [-0.1, -0.05) is 12.1 Å². The Kier molecular flexibility index (Phi) is 3.03. The number of hydrogen-bond acceptors (Lipinski definition) is 4. The maximum absolute atomic E-state index is 10.6. The fourth-order valence-electron chi connectivity index (χ4n) is 1.14. The topological polar surface area (TPSA) is 93.0 Å². The second kappa shape index (κ2) is 4.24. The summed E-state index contributed by atoms with van der Waals surface area (Å²) in [5.41, 5.74) is 6.81. The number of allylic oxidation sites excluding steroid dienone is 1. The lowest BCUT2D eigenvalue weighted by Crippen LogP contribution is -1.98. The smallest absolute Gasteiger partial charge is 0.272 e. The maximum Gasteiger partial charge on any atom is 0.272 e. The number of nitrogens with two attached hydrogens (primary N) is 1. The summed E-state index contributed by atoms with van der Waals surface area (Å²) in [6.45, 7) is 1.64. The summed E-state index contributed by atoms with van der Waals surface area (Å²) in [6, 6.07) is 6.38. The summed E-state index contributed by atoms with van der Waals surface area (Å²) in [5.74, 6) is 0. The van der Waals surface area contributed by atoms with E-state index >= 15 is 0 Å². The number of nitriles is 1. The zero-order chi connectivity index (χ0) is 11.4. The van der Waals surface area contributed by atoms with E-state index in [-0.39, 0.29) is 11.4 Å². The minimum atomic E-state index is -0.474. The zero-order valence-electron chi connectivity index (χ0n) is 8.10. The summed E-state index contributed by atoms with van der Waals surface area (Å²) in [4.78, 5) is 10.2. The van der Waals surface area contributed by atoms with Crippen molar-refractivity contribution in [3.05, 3.63) is 45.5 Å². The molecule has 0 aliphatic rings. The van der Waals surface area contributed by atoms with Crippen LogP contribution in [-0.4, -0.2) is 4.92 Å². The molecule has 0 bridgehead atoms. The van der Waals surface area contributed by atoms with E-state index in [9.17, 15) is 10.1 Å². The van der Waals surface area contributed by atoms with Crippen LogP contribution in [-0.2, 0) is 0 Å². The van der Waals surface area contributed by atoms with Crippen molar-refractivity contribution < 1.29 is 4.92 Å². The molecule has 0 atom stereocenters. The van der Waals surface area contributed by atoms with Gasteiger partial charge in [-0.15, -0.1) is 0 Å². The molecule has 0 heterocycles. The van der Waals surface area contributed by atoms with Crippen LogP contribution in [0.1, 0.15) is 11.1 Å². The minimum absolute atomic E-state index is 0.00166. The van der Waals surface area contributed by atoms with Gasteiger partial charge in [-0.05, 0) is 6.92 Å². The third kappa shape index (κ3) is 2.31. The fraction of sp³-hybridized carbons (Fsp3) is 0.100. The van der Waals surface area contributed by atoms with Crippen molar-refractivity contribution in [1.29, 1.82) is 5.26 Å². The molecule has 0 saturated carbocycles. The molecule has 0 spiro atoms. The molecule has 0 saturated heterocycles. The number of hydrogen-bond donors (Lipinski definition) is 1. The van der Waals surface area contributed by atoms with Gasteiger partial charge in [0.1, 0.15) is 0 Å². The molecule has 0 amide bonds. The third-order valence-corrected chi connectivity index (χ3v) is 1.96. The van der Waals surface area contributed by atoms with E-state index in [0.29, 0.717) is 11.1 Å². The Morgan fingerprint density at radius 2 is 2.33 bits per heavy atom. The van der Waals surface area contributed by atoms with Crippen molar-refractivity contribution in [2.24, 2.45) is 5.73 Å². The fourth-order valence-corrected chi connectivity index (χ4v) is 1.14. The molecule has 5 nitrogen and oxygen atoms in total. The van der Waals surface area contributed by atoms with E-state index in [1.165, 1.54) is 6.07 Å². The monoisotopic (exact) mass is 203 g/mol. The molecule has 76 valence electrons. The van der Waals surface area contributed by atoms with E-state index < -0.39 is 4.92 Å². The molecule has 0 aliphatic heterocycles. The number of nitro groups is 1. The standard InChI is InChI=1S/C10H9N3O2/c1-7-2-3-8(9(12)4-5-11)6-10(7)13(14)15/h2-4,6H,12H2,1H3/b9-4-. The first-order valence-corrected chi connectivity index (χ1v) is 4.17. The van der Waals surface area contributed by atoms with E-state index in [2.05, 4.69) is 0 Å². The highest BCUT2D eigenvalue weighted by Crippen LogP contribution is 2.21. The molecule has 1 aromatic carbocycles. The summed E-state index contributed by atoms with van der Waals surface area (Å²) in [7, 11) is 0. The molecule has 0 radical (unpaired) electrons. The number of rotatable bonds is 2. The van der Waals surface area contributed by atoms with Crippen molar-refractivity contribution in [1.82, 2.24) is 0 Å². The molecule has 15 heavy (non-hydrogen) atoms. The molecule has 0 unspecified atom stereocenters. The number of aryl methyl sites for hydroxylation is 1. The van der Waals surface area contributed by atoms with Gasteiger partial charge in [0.15, 0.2) is 0 Å². The van der Waals surface area contributed by atoms with Gasteiger partial charge in [-0.3, -0.25) is 10.1 Å². The molecular formula is C10H9N3O2. The van der Waals surface area contributed by atoms with Gasteiger partial charge in [0.2, 0.25) is 0 Å². The van der Waals surface area contributed by atoms with Crippen molar-refractivity contribution in [3.8, 4) is 6.07 Å². The quantitative estimate of drug-likeness (QED) is 0.450. The summed E-state index contributed by atoms with van der Waals surface area (Å²) in [5, 5.41) is 19.0. The second-order valence-electron chi connectivity index (χ2n) is 2.99. The Labute approximate surface area is 86.6 Å². The first-order chi connectivity index (χ1) is 7.06. The molecule has 5 heteroatoms. The normalized spacial score (nSPS) is 10.8. The highest BCUT2D eigenvalue weighted by atomic mass is 16.6. The molecule has 1 rings (SSSR count). The van der Waals surface area contributed by atoms with Crippen molar-refractivity contribution in [2.45, 2.75) is 6.92 Å². The Hall–Kier alpha value is -2.35. The van der Waals surface area contributed by atoms with Crippen molar-refractivity contribution >= 4 is 11.4 Å². The minimum Gasteiger partial charge on any atom is -0.398 e. The van der Waals surface area contributed by atoms with Crippen LogP contribution in [0, 0.1) is 28.4 Å². The van der Waals surface area contributed by atoms with Gasteiger partial charge in [-0.25, -0.2) is 0 Å². The predicted molar refractivity (Wildman–Crippen MR) is 55.6 cm³/mol. The van der Waals surface area contributed by atoms with Crippen LogP contribution in [0.15, 0.2) is 24.3 Å². The van der Waals surface area contributed by atoms with Crippen molar-refractivity contribution in [3.63, 3.8) is 0 Å². The van der Waals surface area contributed by atoms with E-state index in [4.69, 9.17) is 11.0 Å². The average Bonchev–Trinajstić information content (AvgIpc) is 2.18. The average molecular weight is 203 g/mol. The second-order valence-corrected chi connectivity index (χ2v) is 2.99. The SMILES string of the molecule is Cc1ccc(/C(N)=C/C#N)cc1[N+](=O)[O-]. The summed E-state index contributed by atoms with van der Waals surface area (Å²) in [6.07, 6.45) is 1.15. The van der Waals surface area contributed by atoms with Gasteiger partial charge in [0, 0.05) is 29.0 Å². The van der Waals surface area contributed by atoms with Gasteiger partial charge in [0.25, 0.3) is 5.69 Å². The summed E-state index contributed by atoms with van der Waals surface area (Å²) >= 11 is 0. The highest BCUT2D eigenvalue weighted by molar-refractivity contribution is 5.67. The van der Waals surface area contributed by atoms with Gasteiger partial charge < -0.3 is 5.73 Å². The van der Waals surface area contributed by atoms with Crippen LogP contribution in [0.5, 0.6) is 0 Å². The van der Waals surface area contributed by atoms with Crippen molar-refractivity contribution in [2.75, 3.05) is 0 Å². The molecule has 1 aromatic rings. The van der Waals surface area contributed by atoms with Gasteiger partial charge in [0.05, 0.1) is 11.0 Å². The van der Waals surface area contributed by atoms with E-state index in [1.54, 1.807) is 25.1 Å². The van der Waals surface area contributed by atoms with Crippen LogP contribution in [0.25, 0.3) is 5.70 Å². The largest absolute Gasteiger partial charge is 0.398 e. The number of nitrogens with zero attached hydrogens (tertiary/aromatic N) is 2. The molecule has 2 N–H and O–H groups in total. The molecular weight excluding hydrogens is 194 g/mol. The lowest BCUT2D eigenvalue weighted by molar-refractivity contribution is -0.385. The maximum atomic E-state index is 10.6. The third-order valence-electron chi connectivity index (χ3n) is 1.96. The van der Waals surface area contributed by atoms with Gasteiger partial charge in [-0.2, -0.15) is 5.26 Å². The number of nitro benzene ring substituents is 1. The Balaban J connectivity index is 3.26. The lowest BCUT2D eigenvalue weighted by atomic mass is 10.1. The molecule has 0 aromatic heterocycles. The number of benzene rings is 1. The van der Waals surface area contributed by atoms with E-state index in [0.717, 1.165) is 6.08 Å². The lowest BCUT2D eigenvalue weighted by Gasteiger charge is -2.01. The first kappa shape index (κ1) is 10.7. The Bertz CT molecular complexity index is 472. The first-order valence-electron chi connectivity index (χ1n) is 4.17. The van der Waals surface area contributed by atoms with Crippen LogP contribution in [0.2, 0.25) is 0 Å². The molecule has 0 aliphatic carbocycles. The van der Waals surface area contributed by atoms with Gasteiger partial charge >= 0.3 is 0 Å². The van der Waals surface area contributed by atoms with Crippen LogP contribution >= 0.6 is 0 Å².